The second-order valence-corrected chi connectivity index (χ2v) is 5.25. The zero-order valence-electron chi connectivity index (χ0n) is 13.0. The molecule has 0 bridgehead atoms. The van der Waals surface area contributed by atoms with Gasteiger partial charge in [0.05, 0.1) is 5.56 Å². The second kappa shape index (κ2) is 6.44. The van der Waals surface area contributed by atoms with Crippen LogP contribution in [0.2, 0.25) is 0 Å². The molecule has 0 spiro atoms. The number of ketones is 1. The molecule has 0 amide bonds. The molecule has 0 unspecified atom stereocenters. The lowest BCUT2D eigenvalue weighted by Gasteiger charge is -2.11. The van der Waals surface area contributed by atoms with Gasteiger partial charge in [0.1, 0.15) is 5.75 Å². The molecule has 2 aromatic carbocycles. The van der Waals surface area contributed by atoms with E-state index in [2.05, 4.69) is 0 Å². The number of carbonyl (C=O) groups excluding carboxylic acids is 2. The zero-order valence-corrected chi connectivity index (χ0v) is 13.0. The first-order chi connectivity index (χ1) is 10.8. The van der Waals surface area contributed by atoms with Crippen LogP contribution < -0.4 is 4.74 Å². The molecular formula is C18H16O5. The number of carbonyl (C=O) groups is 3. The molecule has 2 aromatic rings. The Kier molecular flexibility index (Phi) is 4.60. The Morgan fingerprint density at radius 1 is 0.913 bits per heavy atom. The molecule has 23 heavy (non-hydrogen) atoms. The Bertz CT molecular complexity index is 782. The van der Waals surface area contributed by atoms with E-state index in [0.29, 0.717) is 28.0 Å². The third-order valence-electron chi connectivity index (χ3n) is 3.34. The van der Waals surface area contributed by atoms with E-state index in [1.807, 2.05) is 0 Å². The second-order valence-electron chi connectivity index (χ2n) is 5.25. The summed E-state index contributed by atoms with van der Waals surface area (Å²) in [5, 5.41) is 9.01. The van der Waals surface area contributed by atoms with E-state index in [1.165, 1.54) is 25.1 Å². The molecule has 5 heteroatoms. The van der Waals surface area contributed by atoms with E-state index in [0.717, 1.165) is 0 Å². The Morgan fingerprint density at radius 2 is 1.48 bits per heavy atom. The average molecular weight is 312 g/mol. The molecule has 0 saturated carbocycles. The minimum Gasteiger partial charge on any atom is -0.478 e. The number of rotatable bonds is 4. The highest BCUT2D eigenvalue weighted by Crippen LogP contribution is 2.26. The standard InChI is InChI=1S/C18H16O5/c1-10-7-15(8-11(2)17(10)23-12(3)19)16(20)13-5-4-6-14(9-13)18(21)22/h4-9H,1-3H3,(H,21,22). The predicted octanol–water partition coefficient (Wildman–Crippen LogP) is 3.16. The van der Waals surface area contributed by atoms with E-state index in [4.69, 9.17) is 9.84 Å². The van der Waals surface area contributed by atoms with E-state index in [1.54, 1.807) is 32.0 Å². The lowest BCUT2D eigenvalue weighted by molar-refractivity contribution is -0.131. The molecule has 0 atom stereocenters. The smallest absolute Gasteiger partial charge is 0.335 e. The summed E-state index contributed by atoms with van der Waals surface area (Å²) in [5.41, 5.74) is 2.10. The van der Waals surface area contributed by atoms with Gasteiger partial charge in [0.25, 0.3) is 0 Å². The molecule has 0 aliphatic heterocycles. The van der Waals surface area contributed by atoms with Gasteiger partial charge in [-0.15, -0.1) is 0 Å². The van der Waals surface area contributed by atoms with Crippen molar-refractivity contribution in [2.24, 2.45) is 0 Å². The number of aryl methyl sites for hydroxylation is 2. The summed E-state index contributed by atoms with van der Waals surface area (Å²) in [6.07, 6.45) is 0. The maximum Gasteiger partial charge on any atom is 0.335 e. The van der Waals surface area contributed by atoms with Crippen molar-refractivity contribution in [2.75, 3.05) is 0 Å². The maximum absolute atomic E-state index is 12.6. The van der Waals surface area contributed by atoms with Crippen LogP contribution in [0.25, 0.3) is 0 Å². The van der Waals surface area contributed by atoms with Crippen molar-refractivity contribution in [3.63, 3.8) is 0 Å². The molecular weight excluding hydrogens is 296 g/mol. The molecule has 0 aliphatic carbocycles. The van der Waals surface area contributed by atoms with Crippen LogP contribution in [-0.4, -0.2) is 22.8 Å². The quantitative estimate of drug-likeness (QED) is 0.533. The Balaban J connectivity index is 2.42. The van der Waals surface area contributed by atoms with Gasteiger partial charge in [-0.2, -0.15) is 0 Å². The molecule has 0 saturated heterocycles. The first-order valence-electron chi connectivity index (χ1n) is 6.97. The van der Waals surface area contributed by atoms with Gasteiger partial charge in [-0.25, -0.2) is 4.79 Å². The van der Waals surface area contributed by atoms with Crippen LogP contribution in [0.5, 0.6) is 5.75 Å². The first-order valence-corrected chi connectivity index (χ1v) is 6.97. The summed E-state index contributed by atoms with van der Waals surface area (Å²) in [7, 11) is 0. The molecule has 118 valence electrons. The van der Waals surface area contributed by atoms with Gasteiger partial charge in [-0.1, -0.05) is 12.1 Å². The largest absolute Gasteiger partial charge is 0.478 e. The molecule has 0 aliphatic rings. The highest BCUT2D eigenvalue weighted by Gasteiger charge is 2.15. The van der Waals surface area contributed by atoms with Crippen LogP contribution in [0.4, 0.5) is 0 Å². The van der Waals surface area contributed by atoms with Gasteiger partial charge in [-0.05, 0) is 49.2 Å². The van der Waals surface area contributed by atoms with Gasteiger partial charge in [0.15, 0.2) is 5.78 Å². The Hall–Kier alpha value is -2.95. The molecule has 0 heterocycles. The zero-order chi connectivity index (χ0) is 17.1. The van der Waals surface area contributed by atoms with Crippen molar-refractivity contribution in [2.45, 2.75) is 20.8 Å². The topological polar surface area (TPSA) is 80.7 Å². The number of esters is 1. The van der Waals surface area contributed by atoms with Crippen molar-refractivity contribution >= 4 is 17.7 Å². The minimum atomic E-state index is -1.09. The lowest BCUT2D eigenvalue weighted by atomic mass is 9.97. The number of carboxylic acid groups (broad SMARTS) is 1. The minimum absolute atomic E-state index is 0.0563. The summed E-state index contributed by atoms with van der Waals surface area (Å²) in [6.45, 7) is 4.81. The van der Waals surface area contributed by atoms with Gasteiger partial charge in [-0.3, -0.25) is 9.59 Å². The molecule has 0 aromatic heterocycles. The summed E-state index contributed by atoms with van der Waals surface area (Å²) in [5.74, 6) is -1.36. The van der Waals surface area contributed by atoms with Crippen molar-refractivity contribution in [3.05, 3.63) is 64.2 Å². The van der Waals surface area contributed by atoms with Gasteiger partial charge >= 0.3 is 11.9 Å². The van der Waals surface area contributed by atoms with Crippen molar-refractivity contribution in [1.29, 1.82) is 0 Å². The Morgan fingerprint density at radius 3 is 2.00 bits per heavy atom. The van der Waals surface area contributed by atoms with Crippen molar-refractivity contribution in [1.82, 2.24) is 0 Å². The number of ether oxygens (including phenoxy) is 1. The highest BCUT2D eigenvalue weighted by molar-refractivity contribution is 6.10. The number of hydrogen-bond donors (Lipinski definition) is 1. The summed E-state index contributed by atoms with van der Waals surface area (Å²) in [4.78, 5) is 34.7. The van der Waals surface area contributed by atoms with Crippen LogP contribution in [0.3, 0.4) is 0 Å². The molecule has 5 nitrogen and oxygen atoms in total. The van der Waals surface area contributed by atoms with Crippen LogP contribution >= 0.6 is 0 Å². The third kappa shape index (κ3) is 3.63. The van der Waals surface area contributed by atoms with Crippen LogP contribution in [0.15, 0.2) is 36.4 Å². The number of aromatic carboxylic acids is 1. The molecule has 0 radical (unpaired) electrons. The van der Waals surface area contributed by atoms with Gasteiger partial charge in [0.2, 0.25) is 0 Å². The first kappa shape index (κ1) is 16.4. The summed E-state index contributed by atoms with van der Waals surface area (Å²) < 4.78 is 5.14. The molecule has 2 rings (SSSR count). The van der Waals surface area contributed by atoms with E-state index in [9.17, 15) is 14.4 Å². The van der Waals surface area contributed by atoms with Gasteiger partial charge in [0, 0.05) is 18.1 Å². The fraction of sp³-hybridized carbons (Fsp3) is 0.167. The molecule has 1 N–H and O–H groups in total. The average Bonchev–Trinajstić information content (AvgIpc) is 2.49. The fourth-order valence-electron chi connectivity index (χ4n) is 2.35. The number of hydrogen-bond acceptors (Lipinski definition) is 4. The highest BCUT2D eigenvalue weighted by atomic mass is 16.5. The lowest BCUT2D eigenvalue weighted by Crippen LogP contribution is -2.08. The van der Waals surface area contributed by atoms with Crippen LogP contribution in [-0.2, 0) is 4.79 Å². The monoisotopic (exact) mass is 312 g/mol. The fourth-order valence-corrected chi connectivity index (χ4v) is 2.35. The summed E-state index contributed by atoms with van der Waals surface area (Å²) in [6, 6.07) is 9.12. The van der Waals surface area contributed by atoms with E-state index in [-0.39, 0.29) is 11.3 Å². The number of carboxylic acids is 1. The van der Waals surface area contributed by atoms with Crippen LogP contribution in [0.1, 0.15) is 44.3 Å². The maximum atomic E-state index is 12.6. The van der Waals surface area contributed by atoms with Gasteiger partial charge < -0.3 is 9.84 Å². The third-order valence-corrected chi connectivity index (χ3v) is 3.34. The van der Waals surface area contributed by atoms with E-state index < -0.39 is 11.9 Å². The predicted molar refractivity (Wildman–Crippen MR) is 84.1 cm³/mol. The van der Waals surface area contributed by atoms with Crippen molar-refractivity contribution < 1.29 is 24.2 Å². The van der Waals surface area contributed by atoms with Crippen LogP contribution in [0, 0.1) is 13.8 Å². The molecule has 0 fully saturated rings. The SMILES string of the molecule is CC(=O)Oc1c(C)cc(C(=O)c2cccc(C(=O)O)c2)cc1C. The van der Waals surface area contributed by atoms with Crippen molar-refractivity contribution in [3.8, 4) is 5.75 Å². The summed E-state index contributed by atoms with van der Waals surface area (Å²) >= 11 is 0. The Labute approximate surface area is 133 Å². The number of benzene rings is 2. The van der Waals surface area contributed by atoms with E-state index >= 15 is 0 Å². The normalized spacial score (nSPS) is 10.2.